The van der Waals surface area contributed by atoms with Crippen molar-refractivity contribution in [1.82, 2.24) is 19.9 Å². The fourth-order valence-corrected chi connectivity index (χ4v) is 3.29. The van der Waals surface area contributed by atoms with Crippen LogP contribution >= 0.6 is 15.9 Å². The summed E-state index contributed by atoms with van der Waals surface area (Å²) in [4.78, 5) is 16.5. The highest BCUT2D eigenvalue weighted by Gasteiger charge is 2.24. The van der Waals surface area contributed by atoms with Gasteiger partial charge in [-0.05, 0) is 28.8 Å². The van der Waals surface area contributed by atoms with Crippen LogP contribution in [0.3, 0.4) is 0 Å². The monoisotopic (exact) mass is 321 g/mol. The van der Waals surface area contributed by atoms with Crippen molar-refractivity contribution in [2.45, 2.75) is 31.6 Å². The number of hydrogen-bond acceptors (Lipinski definition) is 4. The van der Waals surface area contributed by atoms with E-state index in [-0.39, 0.29) is 0 Å². The molecule has 2 aromatic rings. The SMILES string of the molecule is CNc1nc(-c2ncc[nH]2)nc(C2CCCC2)c1Br. The average molecular weight is 322 g/mol. The van der Waals surface area contributed by atoms with Crippen LogP contribution < -0.4 is 5.32 Å². The minimum atomic E-state index is 0.526. The Labute approximate surface area is 120 Å². The molecule has 0 atom stereocenters. The van der Waals surface area contributed by atoms with Gasteiger partial charge in [-0.15, -0.1) is 0 Å². The van der Waals surface area contributed by atoms with E-state index in [0.717, 1.165) is 16.0 Å². The summed E-state index contributed by atoms with van der Waals surface area (Å²) in [6, 6.07) is 0. The van der Waals surface area contributed by atoms with Crippen molar-refractivity contribution in [3.05, 3.63) is 22.6 Å². The molecule has 1 fully saturated rings. The summed E-state index contributed by atoms with van der Waals surface area (Å²) in [5.74, 6) is 2.71. The van der Waals surface area contributed by atoms with Crippen molar-refractivity contribution < 1.29 is 0 Å². The van der Waals surface area contributed by atoms with E-state index in [2.05, 4.69) is 36.2 Å². The minimum absolute atomic E-state index is 0.526. The van der Waals surface area contributed by atoms with Gasteiger partial charge in [-0.1, -0.05) is 12.8 Å². The molecule has 1 aliphatic carbocycles. The molecule has 3 rings (SSSR count). The minimum Gasteiger partial charge on any atom is -0.372 e. The number of H-pyrrole nitrogens is 1. The Bertz CT molecular complexity index is 561. The maximum Gasteiger partial charge on any atom is 0.197 e. The van der Waals surface area contributed by atoms with Crippen molar-refractivity contribution >= 4 is 21.7 Å². The van der Waals surface area contributed by atoms with E-state index in [1.807, 2.05) is 7.05 Å². The van der Waals surface area contributed by atoms with Gasteiger partial charge in [-0.25, -0.2) is 15.0 Å². The molecule has 5 nitrogen and oxygen atoms in total. The number of anilines is 1. The lowest BCUT2D eigenvalue weighted by Gasteiger charge is -2.14. The Kier molecular flexibility index (Phi) is 3.50. The van der Waals surface area contributed by atoms with Gasteiger partial charge in [0.25, 0.3) is 0 Å². The molecule has 0 spiro atoms. The largest absolute Gasteiger partial charge is 0.372 e. The molecule has 2 N–H and O–H groups in total. The molecule has 0 aliphatic heterocycles. The Morgan fingerprint density at radius 3 is 2.74 bits per heavy atom. The van der Waals surface area contributed by atoms with E-state index >= 15 is 0 Å². The Morgan fingerprint density at radius 2 is 2.11 bits per heavy atom. The zero-order valence-electron chi connectivity index (χ0n) is 10.8. The van der Waals surface area contributed by atoms with Crippen molar-refractivity contribution in [3.8, 4) is 11.6 Å². The molecule has 1 saturated carbocycles. The fraction of sp³-hybridized carbons (Fsp3) is 0.462. The summed E-state index contributed by atoms with van der Waals surface area (Å²) in [5.41, 5.74) is 1.10. The molecular formula is C13H16BrN5. The molecule has 100 valence electrons. The molecule has 0 amide bonds. The normalized spacial score (nSPS) is 15.9. The van der Waals surface area contributed by atoms with Crippen molar-refractivity contribution in [1.29, 1.82) is 0 Å². The molecular weight excluding hydrogens is 306 g/mol. The molecule has 0 aromatic carbocycles. The number of hydrogen-bond donors (Lipinski definition) is 2. The molecule has 1 aliphatic rings. The maximum absolute atomic E-state index is 4.71. The number of halogens is 1. The Hall–Kier alpha value is -1.43. The first kappa shape index (κ1) is 12.6. The smallest absolute Gasteiger partial charge is 0.197 e. The summed E-state index contributed by atoms with van der Waals surface area (Å²) in [6.07, 6.45) is 8.48. The molecule has 6 heteroatoms. The van der Waals surface area contributed by atoms with E-state index in [4.69, 9.17) is 4.98 Å². The first-order valence-electron chi connectivity index (χ1n) is 6.54. The van der Waals surface area contributed by atoms with Gasteiger partial charge in [-0.3, -0.25) is 0 Å². The van der Waals surface area contributed by atoms with E-state index in [1.165, 1.54) is 25.7 Å². The number of imidazole rings is 1. The van der Waals surface area contributed by atoms with Crippen LogP contribution in [0.4, 0.5) is 5.82 Å². The third-order valence-corrected chi connectivity index (χ3v) is 4.35. The lowest BCUT2D eigenvalue weighted by Crippen LogP contribution is -2.06. The Balaban J connectivity index is 2.09. The van der Waals surface area contributed by atoms with Gasteiger partial charge in [0.15, 0.2) is 11.6 Å². The lowest BCUT2D eigenvalue weighted by molar-refractivity contribution is 0.691. The summed E-state index contributed by atoms with van der Waals surface area (Å²) in [5, 5.41) is 3.12. The maximum atomic E-state index is 4.71. The van der Waals surface area contributed by atoms with Crippen LogP contribution in [0.5, 0.6) is 0 Å². The summed E-state index contributed by atoms with van der Waals surface area (Å²) < 4.78 is 0.984. The highest BCUT2D eigenvalue weighted by molar-refractivity contribution is 9.10. The van der Waals surface area contributed by atoms with Crippen LogP contribution in [0.2, 0.25) is 0 Å². The third kappa shape index (κ3) is 2.36. The van der Waals surface area contributed by atoms with Crippen molar-refractivity contribution in [2.24, 2.45) is 0 Å². The van der Waals surface area contributed by atoms with Crippen molar-refractivity contribution in [3.63, 3.8) is 0 Å². The second-order valence-electron chi connectivity index (χ2n) is 4.76. The summed E-state index contributed by atoms with van der Waals surface area (Å²) >= 11 is 3.63. The second-order valence-corrected chi connectivity index (χ2v) is 5.56. The first-order valence-corrected chi connectivity index (χ1v) is 7.34. The highest BCUT2D eigenvalue weighted by Crippen LogP contribution is 2.39. The quantitative estimate of drug-likeness (QED) is 0.910. The van der Waals surface area contributed by atoms with E-state index in [9.17, 15) is 0 Å². The number of nitrogens with one attached hydrogen (secondary N) is 2. The standard InChI is InChI=1S/C13H16BrN5/c1-15-11-9(14)10(8-4-2-3-5-8)18-13(19-11)12-16-6-7-17-12/h6-8H,2-5H2,1H3,(H,16,17)(H,15,18,19). The average Bonchev–Trinajstić information content (AvgIpc) is 3.12. The molecule has 0 unspecified atom stereocenters. The zero-order valence-corrected chi connectivity index (χ0v) is 12.4. The molecule has 0 radical (unpaired) electrons. The molecule has 2 heterocycles. The van der Waals surface area contributed by atoms with Gasteiger partial charge >= 0.3 is 0 Å². The van der Waals surface area contributed by atoms with Gasteiger partial charge in [0, 0.05) is 25.4 Å². The summed E-state index contributed by atoms with van der Waals surface area (Å²) in [6.45, 7) is 0. The van der Waals surface area contributed by atoms with E-state index in [1.54, 1.807) is 12.4 Å². The first-order chi connectivity index (χ1) is 9.29. The summed E-state index contributed by atoms with van der Waals surface area (Å²) in [7, 11) is 1.87. The van der Waals surface area contributed by atoms with Crippen LogP contribution in [0.25, 0.3) is 11.6 Å². The van der Waals surface area contributed by atoms with Gasteiger partial charge in [0.1, 0.15) is 5.82 Å². The van der Waals surface area contributed by atoms with E-state index < -0.39 is 0 Å². The topological polar surface area (TPSA) is 66.5 Å². The van der Waals surface area contributed by atoms with Crippen LogP contribution in [0, 0.1) is 0 Å². The van der Waals surface area contributed by atoms with Crippen LogP contribution in [-0.4, -0.2) is 27.0 Å². The highest BCUT2D eigenvalue weighted by atomic mass is 79.9. The second kappa shape index (κ2) is 5.28. The molecule has 0 bridgehead atoms. The predicted molar refractivity (Wildman–Crippen MR) is 78.1 cm³/mol. The van der Waals surface area contributed by atoms with Crippen LogP contribution in [0.1, 0.15) is 37.3 Å². The van der Waals surface area contributed by atoms with Crippen molar-refractivity contribution in [2.75, 3.05) is 12.4 Å². The fourth-order valence-electron chi connectivity index (χ4n) is 2.59. The Morgan fingerprint density at radius 1 is 1.32 bits per heavy atom. The number of aromatic nitrogens is 4. The van der Waals surface area contributed by atoms with Gasteiger partial charge in [0.05, 0.1) is 10.2 Å². The van der Waals surface area contributed by atoms with Crippen LogP contribution in [0.15, 0.2) is 16.9 Å². The number of rotatable bonds is 3. The number of aromatic amines is 1. The predicted octanol–water partition coefficient (Wildman–Crippen LogP) is 3.33. The van der Waals surface area contributed by atoms with E-state index in [0.29, 0.717) is 17.6 Å². The van der Waals surface area contributed by atoms with Crippen LogP contribution in [-0.2, 0) is 0 Å². The van der Waals surface area contributed by atoms with Gasteiger partial charge in [0.2, 0.25) is 0 Å². The van der Waals surface area contributed by atoms with Gasteiger partial charge < -0.3 is 10.3 Å². The van der Waals surface area contributed by atoms with Gasteiger partial charge in [-0.2, -0.15) is 0 Å². The molecule has 2 aromatic heterocycles. The lowest BCUT2D eigenvalue weighted by atomic mass is 10.0. The zero-order chi connectivity index (χ0) is 13.2. The molecule has 0 saturated heterocycles. The molecule has 19 heavy (non-hydrogen) atoms. The number of nitrogens with zero attached hydrogens (tertiary/aromatic N) is 3. The third-order valence-electron chi connectivity index (χ3n) is 3.57.